The van der Waals surface area contributed by atoms with E-state index in [-0.39, 0.29) is 11.8 Å². The van der Waals surface area contributed by atoms with Crippen LogP contribution >= 0.6 is 0 Å². The molecule has 152 valence electrons. The third-order valence-corrected chi connectivity index (χ3v) is 4.72. The maximum atomic E-state index is 13.4. The van der Waals surface area contributed by atoms with E-state index in [2.05, 4.69) is 34.4 Å². The Hall–Kier alpha value is -3.09. The molecule has 0 spiro atoms. The van der Waals surface area contributed by atoms with Gasteiger partial charge in [0, 0.05) is 17.6 Å². The molecule has 1 heterocycles. The van der Waals surface area contributed by atoms with Gasteiger partial charge < -0.3 is 10.6 Å². The Morgan fingerprint density at radius 1 is 1.00 bits per heavy atom. The highest BCUT2D eigenvalue weighted by Crippen LogP contribution is 2.35. The first kappa shape index (κ1) is 20.6. The van der Waals surface area contributed by atoms with Crippen molar-refractivity contribution in [2.75, 3.05) is 10.6 Å². The van der Waals surface area contributed by atoms with Gasteiger partial charge in [-0.05, 0) is 54.7 Å². The summed E-state index contributed by atoms with van der Waals surface area (Å²) >= 11 is 0. The van der Waals surface area contributed by atoms with Crippen molar-refractivity contribution in [1.82, 2.24) is 9.97 Å². The smallest absolute Gasteiger partial charge is 0.340 e. The monoisotopic (exact) mass is 400 g/mol. The van der Waals surface area contributed by atoms with Gasteiger partial charge >= 0.3 is 6.18 Å². The Morgan fingerprint density at radius 3 is 2.34 bits per heavy atom. The van der Waals surface area contributed by atoms with Gasteiger partial charge in [-0.25, -0.2) is 4.98 Å². The third-order valence-electron chi connectivity index (χ3n) is 4.72. The number of nitrogens with one attached hydrogen (secondary N) is 2. The van der Waals surface area contributed by atoms with E-state index in [1.165, 1.54) is 0 Å². The number of hydrogen-bond acceptors (Lipinski definition) is 4. The van der Waals surface area contributed by atoms with E-state index < -0.39 is 11.7 Å². The number of nitrogens with zero attached hydrogens (tertiary/aromatic N) is 2. The van der Waals surface area contributed by atoms with E-state index in [1.54, 1.807) is 18.2 Å². The van der Waals surface area contributed by atoms with Gasteiger partial charge in [0.05, 0.1) is 0 Å². The van der Waals surface area contributed by atoms with Gasteiger partial charge in [0.15, 0.2) is 0 Å². The standard InChI is InChI=1S/C22H23F3N4/c1-4-15(3)16-8-10-17(11-9-16)27-20-19(22(23,24)25)13-26-21(29-20)28-18-7-5-6-14(2)12-18/h5-13,15H,4H2,1-3H3,(H2,26,27,28,29). The molecule has 3 aromatic rings. The van der Waals surface area contributed by atoms with Gasteiger partial charge in [-0.3, -0.25) is 0 Å². The Morgan fingerprint density at radius 2 is 1.72 bits per heavy atom. The van der Waals surface area contributed by atoms with Gasteiger partial charge in [0.25, 0.3) is 0 Å². The minimum atomic E-state index is -4.57. The molecule has 0 saturated heterocycles. The molecule has 3 rings (SSSR count). The van der Waals surface area contributed by atoms with Crippen LogP contribution in [0.3, 0.4) is 0 Å². The second kappa shape index (κ2) is 8.51. The molecule has 0 saturated carbocycles. The van der Waals surface area contributed by atoms with E-state index in [1.807, 2.05) is 37.3 Å². The summed E-state index contributed by atoms with van der Waals surface area (Å²) < 4.78 is 40.3. The summed E-state index contributed by atoms with van der Waals surface area (Å²) in [7, 11) is 0. The number of aryl methyl sites for hydroxylation is 1. The average molecular weight is 400 g/mol. The molecule has 1 unspecified atom stereocenters. The van der Waals surface area contributed by atoms with Gasteiger partial charge in [-0.2, -0.15) is 18.2 Å². The summed E-state index contributed by atoms with van der Waals surface area (Å²) in [6, 6.07) is 14.8. The molecule has 29 heavy (non-hydrogen) atoms. The first-order chi connectivity index (χ1) is 13.8. The number of aromatic nitrogens is 2. The third kappa shape index (κ3) is 5.25. The van der Waals surface area contributed by atoms with E-state index in [4.69, 9.17) is 0 Å². The topological polar surface area (TPSA) is 49.8 Å². The molecule has 0 fully saturated rings. The Balaban J connectivity index is 1.90. The van der Waals surface area contributed by atoms with Crippen LogP contribution in [0.1, 0.15) is 42.9 Å². The zero-order chi connectivity index (χ0) is 21.0. The molecule has 2 N–H and O–H groups in total. The number of alkyl halides is 3. The highest BCUT2D eigenvalue weighted by molar-refractivity contribution is 5.63. The number of rotatable bonds is 6. The van der Waals surface area contributed by atoms with Crippen LogP contribution in [-0.2, 0) is 6.18 Å². The maximum absolute atomic E-state index is 13.4. The Bertz CT molecular complexity index is 969. The molecule has 1 aromatic heterocycles. The molecule has 0 aliphatic heterocycles. The summed E-state index contributed by atoms with van der Waals surface area (Å²) in [6.07, 6.45) is -2.78. The van der Waals surface area contributed by atoms with E-state index in [0.717, 1.165) is 23.7 Å². The first-order valence-electron chi connectivity index (χ1n) is 9.41. The lowest BCUT2D eigenvalue weighted by atomic mass is 9.99. The fraction of sp³-hybridized carbons (Fsp3) is 0.273. The molecular formula is C22H23F3N4. The fourth-order valence-corrected chi connectivity index (χ4v) is 2.86. The van der Waals surface area contributed by atoms with Crippen LogP contribution in [0.15, 0.2) is 54.7 Å². The normalized spacial score (nSPS) is 12.5. The molecule has 2 aromatic carbocycles. The van der Waals surface area contributed by atoms with Crippen LogP contribution < -0.4 is 10.6 Å². The van der Waals surface area contributed by atoms with Crippen molar-refractivity contribution >= 4 is 23.1 Å². The van der Waals surface area contributed by atoms with Gasteiger partial charge in [-0.15, -0.1) is 0 Å². The Labute approximate surface area is 168 Å². The predicted molar refractivity (Wildman–Crippen MR) is 110 cm³/mol. The van der Waals surface area contributed by atoms with Crippen molar-refractivity contribution in [1.29, 1.82) is 0 Å². The van der Waals surface area contributed by atoms with Crippen molar-refractivity contribution in [3.8, 4) is 0 Å². The van der Waals surface area contributed by atoms with Crippen LogP contribution in [0.2, 0.25) is 0 Å². The predicted octanol–water partition coefficient (Wildman–Crippen LogP) is 6.80. The van der Waals surface area contributed by atoms with Crippen LogP contribution in [0.25, 0.3) is 0 Å². The van der Waals surface area contributed by atoms with Crippen molar-refractivity contribution in [2.24, 2.45) is 0 Å². The van der Waals surface area contributed by atoms with E-state index in [9.17, 15) is 13.2 Å². The lowest BCUT2D eigenvalue weighted by molar-refractivity contribution is -0.137. The van der Waals surface area contributed by atoms with Crippen LogP contribution in [0, 0.1) is 6.92 Å². The number of benzene rings is 2. The zero-order valence-electron chi connectivity index (χ0n) is 16.5. The molecule has 0 radical (unpaired) electrons. The van der Waals surface area contributed by atoms with Crippen molar-refractivity contribution < 1.29 is 13.2 Å². The molecule has 0 aliphatic carbocycles. The fourth-order valence-electron chi connectivity index (χ4n) is 2.86. The molecule has 4 nitrogen and oxygen atoms in total. The summed E-state index contributed by atoms with van der Waals surface area (Å²) in [5.41, 5.74) is 2.47. The molecular weight excluding hydrogens is 377 g/mol. The van der Waals surface area contributed by atoms with Crippen LogP contribution in [0.4, 0.5) is 36.3 Å². The van der Waals surface area contributed by atoms with Gasteiger partial charge in [0.1, 0.15) is 11.4 Å². The Kier molecular flexibility index (Phi) is 6.06. The summed E-state index contributed by atoms with van der Waals surface area (Å²) in [5, 5.41) is 5.74. The largest absolute Gasteiger partial charge is 0.421 e. The van der Waals surface area contributed by atoms with Crippen LogP contribution in [-0.4, -0.2) is 9.97 Å². The van der Waals surface area contributed by atoms with E-state index in [0.29, 0.717) is 17.3 Å². The van der Waals surface area contributed by atoms with Gasteiger partial charge in [-0.1, -0.05) is 38.1 Å². The quantitative estimate of drug-likeness (QED) is 0.477. The van der Waals surface area contributed by atoms with Gasteiger partial charge in [0.2, 0.25) is 5.95 Å². The minimum Gasteiger partial charge on any atom is -0.340 e. The second-order valence-electron chi connectivity index (χ2n) is 7.00. The van der Waals surface area contributed by atoms with Crippen molar-refractivity contribution in [3.05, 3.63) is 71.4 Å². The van der Waals surface area contributed by atoms with Crippen LogP contribution in [0.5, 0.6) is 0 Å². The zero-order valence-corrected chi connectivity index (χ0v) is 16.5. The summed E-state index contributed by atoms with van der Waals surface area (Å²) in [4.78, 5) is 7.92. The second-order valence-corrected chi connectivity index (χ2v) is 7.00. The average Bonchev–Trinajstić information content (AvgIpc) is 2.67. The number of halogens is 3. The highest BCUT2D eigenvalue weighted by Gasteiger charge is 2.35. The maximum Gasteiger partial charge on any atom is 0.421 e. The summed E-state index contributed by atoms with van der Waals surface area (Å²) in [5.74, 6) is 0.181. The van der Waals surface area contributed by atoms with Crippen molar-refractivity contribution in [2.45, 2.75) is 39.3 Å². The van der Waals surface area contributed by atoms with Crippen molar-refractivity contribution in [3.63, 3.8) is 0 Å². The minimum absolute atomic E-state index is 0.0855. The molecule has 0 aliphatic rings. The molecule has 0 amide bonds. The lowest BCUT2D eigenvalue weighted by Crippen LogP contribution is -2.12. The SMILES string of the molecule is CCC(C)c1ccc(Nc2nc(Nc3cccc(C)c3)ncc2C(F)(F)F)cc1. The number of anilines is 4. The lowest BCUT2D eigenvalue weighted by Gasteiger charge is -2.16. The van der Waals surface area contributed by atoms with E-state index >= 15 is 0 Å². The number of hydrogen-bond donors (Lipinski definition) is 2. The molecule has 1 atom stereocenters. The summed E-state index contributed by atoms with van der Waals surface area (Å²) in [6.45, 7) is 6.13. The molecule has 7 heteroatoms. The molecule has 0 bridgehead atoms. The first-order valence-corrected chi connectivity index (χ1v) is 9.41. The highest BCUT2D eigenvalue weighted by atomic mass is 19.4.